The van der Waals surface area contributed by atoms with Crippen molar-refractivity contribution in [2.45, 2.75) is 148 Å². The molecule has 1 aliphatic rings. The van der Waals surface area contributed by atoms with Crippen LogP contribution in [0.2, 0.25) is 0 Å². The summed E-state index contributed by atoms with van der Waals surface area (Å²) in [7, 11) is 0. The van der Waals surface area contributed by atoms with Crippen molar-refractivity contribution in [2.24, 2.45) is 0 Å². The molecule has 0 amide bonds. The topological polar surface area (TPSA) is 6.48 Å². The number of hydrogen-bond acceptors (Lipinski definition) is 2. The van der Waals surface area contributed by atoms with Gasteiger partial charge in [0.25, 0.3) is 0 Å². The molecule has 2 heteroatoms. The summed E-state index contributed by atoms with van der Waals surface area (Å²) in [6.45, 7) is 7.01. The molecule has 1 atom stereocenters. The van der Waals surface area contributed by atoms with Gasteiger partial charge < -0.3 is 9.80 Å². The molecule has 0 N–H and O–H groups in total. The Morgan fingerprint density at radius 2 is 0.857 bits per heavy atom. The highest BCUT2D eigenvalue weighted by atomic mass is 15.4. The number of hydrogen-bond donors (Lipinski definition) is 0. The lowest BCUT2D eigenvalue weighted by Gasteiger charge is -2.33. The molecule has 0 spiro atoms. The highest BCUT2D eigenvalue weighted by molar-refractivity contribution is 5.17. The third-order valence-electron chi connectivity index (χ3n) is 7.77. The van der Waals surface area contributed by atoms with Crippen molar-refractivity contribution in [3.8, 4) is 0 Å². The Hall–Kier alpha value is -1.44. The Morgan fingerprint density at radius 1 is 0.486 bits per heavy atom. The van der Waals surface area contributed by atoms with E-state index < -0.39 is 0 Å². The second kappa shape index (κ2) is 20.7. The number of rotatable bonds is 23. The zero-order valence-electron chi connectivity index (χ0n) is 23.6. The summed E-state index contributed by atoms with van der Waals surface area (Å²) in [6.07, 6.45) is 33.2. The fourth-order valence-corrected chi connectivity index (χ4v) is 5.45. The van der Waals surface area contributed by atoms with Gasteiger partial charge in [-0.1, -0.05) is 153 Å². The lowest BCUT2D eigenvalue weighted by Crippen LogP contribution is -2.41. The monoisotopic (exact) mass is 482 g/mol. The maximum atomic E-state index is 2.62. The van der Waals surface area contributed by atoms with Gasteiger partial charge in [0.15, 0.2) is 0 Å². The summed E-state index contributed by atoms with van der Waals surface area (Å²) >= 11 is 0. The summed E-state index contributed by atoms with van der Waals surface area (Å²) in [5, 5.41) is 0. The molecule has 0 saturated carbocycles. The molecule has 35 heavy (non-hydrogen) atoms. The van der Waals surface area contributed by atoms with E-state index in [4.69, 9.17) is 0 Å². The minimum atomic E-state index is 0.505. The number of nitrogens with zero attached hydrogens (tertiary/aromatic N) is 2. The van der Waals surface area contributed by atoms with Crippen LogP contribution in [0.1, 0.15) is 141 Å². The average Bonchev–Trinajstić information content (AvgIpc) is 3.25. The van der Waals surface area contributed by atoms with Gasteiger partial charge in [-0.05, 0) is 18.4 Å². The quantitative estimate of drug-likeness (QED) is 0.143. The second-order valence-corrected chi connectivity index (χ2v) is 11.0. The van der Waals surface area contributed by atoms with Crippen LogP contribution in [0.3, 0.4) is 0 Å². The molecule has 0 aromatic heterocycles. The highest BCUT2D eigenvalue weighted by Crippen LogP contribution is 2.22. The van der Waals surface area contributed by atoms with E-state index >= 15 is 0 Å². The lowest BCUT2D eigenvalue weighted by molar-refractivity contribution is 0.148. The predicted octanol–water partition coefficient (Wildman–Crippen LogP) is 10.1. The van der Waals surface area contributed by atoms with Crippen LogP contribution < -0.4 is 0 Å². The molecular formula is C33H58N2. The van der Waals surface area contributed by atoms with E-state index in [-0.39, 0.29) is 0 Å². The average molecular weight is 483 g/mol. The smallest absolute Gasteiger partial charge is 0.105 e. The molecule has 1 unspecified atom stereocenters. The van der Waals surface area contributed by atoms with Gasteiger partial charge in [0, 0.05) is 31.9 Å². The molecule has 0 bridgehead atoms. The van der Waals surface area contributed by atoms with Crippen molar-refractivity contribution in [2.75, 3.05) is 13.1 Å². The Morgan fingerprint density at radius 3 is 1.26 bits per heavy atom. The molecule has 0 radical (unpaired) electrons. The van der Waals surface area contributed by atoms with Gasteiger partial charge >= 0.3 is 0 Å². The van der Waals surface area contributed by atoms with Crippen molar-refractivity contribution in [3.63, 3.8) is 0 Å². The molecule has 0 aliphatic carbocycles. The van der Waals surface area contributed by atoms with Crippen molar-refractivity contribution in [1.29, 1.82) is 0 Å². The maximum absolute atomic E-state index is 2.62. The normalized spacial score (nSPS) is 15.4. The van der Waals surface area contributed by atoms with Crippen molar-refractivity contribution in [3.05, 3.63) is 48.3 Å². The lowest BCUT2D eigenvalue weighted by atomic mass is 10.0. The van der Waals surface area contributed by atoms with Crippen molar-refractivity contribution >= 4 is 0 Å². The highest BCUT2D eigenvalue weighted by Gasteiger charge is 2.25. The van der Waals surface area contributed by atoms with Crippen LogP contribution in [-0.4, -0.2) is 29.1 Å². The van der Waals surface area contributed by atoms with E-state index in [1.54, 1.807) is 0 Å². The molecule has 0 fully saturated rings. The van der Waals surface area contributed by atoms with Crippen molar-refractivity contribution in [1.82, 2.24) is 9.80 Å². The van der Waals surface area contributed by atoms with E-state index in [0.29, 0.717) is 6.17 Å². The van der Waals surface area contributed by atoms with E-state index in [2.05, 4.69) is 66.4 Å². The summed E-state index contributed by atoms with van der Waals surface area (Å²) < 4.78 is 0. The summed E-state index contributed by atoms with van der Waals surface area (Å²) in [6, 6.07) is 11.1. The van der Waals surface area contributed by atoms with Gasteiger partial charge in [-0.25, -0.2) is 0 Å². The van der Waals surface area contributed by atoms with Crippen LogP contribution >= 0.6 is 0 Å². The Balaban J connectivity index is 1.57. The first-order chi connectivity index (χ1) is 17.3. The van der Waals surface area contributed by atoms with Crippen LogP contribution in [0.25, 0.3) is 0 Å². The Bertz CT molecular complexity index is 611. The molecule has 2 nitrogen and oxygen atoms in total. The predicted molar refractivity (Wildman–Crippen MR) is 156 cm³/mol. The third-order valence-corrected chi connectivity index (χ3v) is 7.77. The van der Waals surface area contributed by atoms with Gasteiger partial charge in [-0.2, -0.15) is 0 Å². The first-order valence-electron chi connectivity index (χ1n) is 15.6. The summed E-state index contributed by atoms with van der Waals surface area (Å²) in [5.74, 6) is 0. The SMILES string of the molecule is CCCCCCCCCCCCCCCCN1C=CN(CCCCCCC)C1Cc1ccccc1. The zero-order valence-corrected chi connectivity index (χ0v) is 23.6. The minimum Gasteiger partial charge on any atom is -0.356 e. The van der Waals surface area contributed by atoms with Gasteiger partial charge in [-0.3, -0.25) is 0 Å². The number of unbranched alkanes of at least 4 members (excludes halogenated alkanes) is 17. The van der Waals surface area contributed by atoms with E-state index in [1.807, 2.05) is 0 Å². The molecule has 1 aromatic rings. The molecule has 1 heterocycles. The third kappa shape index (κ3) is 14.0. The summed E-state index contributed by atoms with van der Waals surface area (Å²) in [5.41, 5.74) is 1.46. The standard InChI is InChI=1S/C33H58N2/c1-3-5-7-9-10-11-12-13-14-15-16-17-19-24-28-35-30-29-34(27-23-18-8-6-4-2)33(35)31-32-25-21-20-22-26-32/h20-22,25-26,29-30,33H,3-19,23-24,27-28,31H2,1-2H3. The van der Waals surface area contributed by atoms with E-state index in [0.717, 1.165) is 6.42 Å². The summed E-state index contributed by atoms with van der Waals surface area (Å²) in [4.78, 5) is 5.24. The molecule has 2 rings (SSSR count). The second-order valence-electron chi connectivity index (χ2n) is 11.0. The first kappa shape index (κ1) is 29.8. The van der Waals surface area contributed by atoms with Gasteiger partial charge in [0.1, 0.15) is 6.17 Å². The maximum Gasteiger partial charge on any atom is 0.105 e. The molecule has 0 saturated heterocycles. The van der Waals surface area contributed by atoms with Gasteiger partial charge in [-0.15, -0.1) is 0 Å². The molecule has 1 aliphatic heterocycles. The van der Waals surface area contributed by atoms with Crippen LogP contribution in [0, 0.1) is 0 Å². The fourth-order valence-electron chi connectivity index (χ4n) is 5.45. The first-order valence-corrected chi connectivity index (χ1v) is 15.6. The zero-order chi connectivity index (χ0) is 24.8. The van der Waals surface area contributed by atoms with Gasteiger partial charge in [0.05, 0.1) is 0 Å². The van der Waals surface area contributed by atoms with Crippen LogP contribution in [-0.2, 0) is 6.42 Å². The largest absolute Gasteiger partial charge is 0.356 e. The van der Waals surface area contributed by atoms with Crippen LogP contribution in [0.5, 0.6) is 0 Å². The molecule has 1 aromatic carbocycles. The molecule has 200 valence electrons. The van der Waals surface area contributed by atoms with Crippen LogP contribution in [0.15, 0.2) is 42.7 Å². The van der Waals surface area contributed by atoms with Gasteiger partial charge in [0.2, 0.25) is 0 Å². The number of benzene rings is 1. The Kier molecular flexibility index (Phi) is 17.6. The van der Waals surface area contributed by atoms with Crippen LogP contribution in [0.4, 0.5) is 0 Å². The fraction of sp³-hybridized carbons (Fsp3) is 0.758. The Labute approximate surface area is 219 Å². The van der Waals surface area contributed by atoms with E-state index in [1.165, 1.54) is 141 Å². The van der Waals surface area contributed by atoms with Crippen molar-refractivity contribution < 1.29 is 0 Å². The minimum absolute atomic E-state index is 0.505. The van der Waals surface area contributed by atoms with E-state index in [9.17, 15) is 0 Å². The molecular weight excluding hydrogens is 424 g/mol.